The SMILES string of the molecule is CCOC(=O)c1cc(NC(=O)CN(c2ccccc2)S(=O)(=O)c2ccc(C)cc2)ccc1Cl. The highest BCUT2D eigenvalue weighted by Crippen LogP contribution is 2.25. The van der Waals surface area contributed by atoms with E-state index < -0.39 is 28.4 Å². The van der Waals surface area contributed by atoms with Gasteiger partial charge in [0.1, 0.15) is 6.54 Å². The highest BCUT2D eigenvalue weighted by atomic mass is 35.5. The van der Waals surface area contributed by atoms with Gasteiger partial charge in [0.05, 0.1) is 27.8 Å². The molecule has 0 heterocycles. The molecule has 172 valence electrons. The largest absolute Gasteiger partial charge is 0.462 e. The van der Waals surface area contributed by atoms with Crippen LogP contribution in [0, 0.1) is 6.92 Å². The number of nitrogens with one attached hydrogen (secondary N) is 1. The summed E-state index contributed by atoms with van der Waals surface area (Å²) in [5, 5.41) is 2.81. The molecule has 1 N–H and O–H groups in total. The lowest BCUT2D eigenvalue weighted by atomic mass is 10.2. The van der Waals surface area contributed by atoms with Crippen LogP contribution in [0.3, 0.4) is 0 Å². The number of amides is 1. The zero-order valence-electron chi connectivity index (χ0n) is 18.1. The number of sulfonamides is 1. The molecule has 0 radical (unpaired) electrons. The van der Waals surface area contributed by atoms with E-state index in [9.17, 15) is 18.0 Å². The highest BCUT2D eigenvalue weighted by molar-refractivity contribution is 7.92. The quantitative estimate of drug-likeness (QED) is 0.467. The Kier molecular flexibility index (Phi) is 7.73. The number of rotatable bonds is 8. The van der Waals surface area contributed by atoms with Crippen molar-refractivity contribution in [1.82, 2.24) is 0 Å². The Labute approximate surface area is 198 Å². The Morgan fingerprint density at radius 2 is 1.67 bits per heavy atom. The van der Waals surface area contributed by atoms with Crippen molar-refractivity contribution in [2.75, 3.05) is 22.8 Å². The van der Waals surface area contributed by atoms with Gasteiger partial charge in [-0.1, -0.05) is 47.5 Å². The molecule has 0 saturated carbocycles. The van der Waals surface area contributed by atoms with Crippen LogP contribution in [0.5, 0.6) is 0 Å². The number of hydrogen-bond donors (Lipinski definition) is 1. The van der Waals surface area contributed by atoms with Gasteiger partial charge in [0.2, 0.25) is 5.91 Å². The van der Waals surface area contributed by atoms with E-state index in [1.807, 2.05) is 6.92 Å². The average molecular weight is 487 g/mol. The third-order valence-corrected chi connectivity index (χ3v) is 6.80. The fraction of sp³-hybridized carbons (Fsp3) is 0.167. The van der Waals surface area contributed by atoms with Crippen molar-refractivity contribution >= 4 is 44.9 Å². The van der Waals surface area contributed by atoms with Crippen molar-refractivity contribution in [3.8, 4) is 0 Å². The third-order valence-electron chi connectivity index (χ3n) is 4.69. The van der Waals surface area contributed by atoms with Gasteiger partial charge in [-0.3, -0.25) is 9.10 Å². The normalized spacial score (nSPS) is 11.0. The number of esters is 1. The lowest BCUT2D eigenvalue weighted by Gasteiger charge is -2.24. The van der Waals surface area contributed by atoms with Gasteiger partial charge in [-0.15, -0.1) is 0 Å². The minimum atomic E-state index is -4.02. The number of ether oxygens (including phenoxy) is 1. The number of halogens is 1. The van der Waals surface area contributed by atoms with Crippen molar-refractivity contribution < 1.29 is 22.7 Å². The van der Waals surface area contributed by atoms with Crippen LogP contribution in [-0.4, -0.2) is 33.4 Å². The van der Waals surface area contributed by atoms with Crippen molar-refractivity contribution in [3.05, 3.63) is 88.9 Å². The second-order valence-electron chi connectivity index (χ2n) is 7.12. The van der Waals surface area contributed by atoms with Crippen LogP contribution in [0.15, 0.2) is 77.7 Å². The molecule has 0 fully saturated rings. The minimum absolute atomic E-state index is 0.0702. The van der Waals surface area contributed by atoms with Gasteiger partial charge in [0, 0.05) is 5.69 Å². The summed E-state index contributed by atoms with van der Waals surface area (Å²) in [5.41, 5.74) is 1.64. The molecule has 3 aromatic rings. The lowest BCUT2D eigenvalue weighted by Crippen LogP contribution is -2.38. The lowest BCUT2D eigenvalue weighted by molar-refractivity contribution is -0.114. The fourth-order valence-corrected chi connectivity index (χ4v) is 4.66. The molecule has 7 nitrogen and oxygen atoms in total. The Hall–Kier alpha value is -3.36. The van der Waals surface area contributed by atoms with E-state index in [0.29, 0.717) is 5.69 Å². The van der Waals surface area contributed by atoms with Gasteiger partial charge in [-0.05, 0) is 56.3 Å². The van der Waals surface area contributed by atoms with Gasteiger partial charge < -0.3 is 10.1 Å². The summed E-state index contributed by atoms with van der Waals surface area (Å²) in [7, 11) is -4.02. The van der Waals surface area contributed by atoms with E-state index in [2.05, 4.69) is 5.32 Å². The molecule has 0 spiro atoms. The summed E-state index contributed by atoms with van der Waals surface area (Å²) in [6.45, 7) is 3.23. The number of hydrogen-bond acceptors (Lipinski definition) is 5. The van der Waals surface area contributed by atoms with Crippen LogP contribution in [0.1, 0.15) is 22.8 Å². The van der Waals surface area contributed by atoms with Crippen LogP contribution < -0.4 is 9.62 Å². The third kappa shape index (κ3) is 5.91. The number of carbonyl (C=O) groups excluding carboxylic acids is 2. The van der Waals surface area contributed by atoms with Gasteiger partial charge in [0.15, 0.2) is 0 Å². The molecule has 0 aromatic heterocycles. The second-order valence-corrected chi connectivity index (χ2v) is 9.39. The minimum Gasteiger partial charge on any atom is -0.462 e. The second kappa shape index (κ2) is 10.5. The first-order valence-corrected chi connectivity index (χ1v) is 11.9. The fourth-order valence-electron chi connectivity index (χ4n) is 3.05. The molecule has 3 aromatic carbocycles. The first kappa shape index (κ1) is 24.3. The Balaban J connectivity index is 1.88. The summed E-state index contributed by atoms with van der Waals surface area (Å²) >= 11 is 6.07. The Morgan fingerprint density at radius 3 is 2.30 bits per heavy atom. The molecule has 0 atom stereocenters. The topological polar surface area (TPSA) is 92.8 Å². The van der Waals surface area contributed by atoms with Crippen molar-refractivity contribution in [1.29, 1.82) is 0 Å². The highest BCUT2D eigenvalue weighted by Gasteiger charge is 2.27. The van der Waals surface area contributed by atoms with Crippen LogP contribution in [0.25, 0.3) is 0 Å². The maximum Gasteiger partial charge on any atom is 0.339 e. The smallest absolute Gasteiger partial charge is 0.339 e. The van der Waals surface area contributed by atoms with Crippen LogP contribution >= 0.6 is 11.6 Å². The molecule has 0 aliphatic rings. The molecule has 33 heavy (non-hydrogen) atoms. The summed E-state index contributed by atoms with van der Waals surface area (Å²) in [5.74, 6) is -1.21. The first-order valence-electron chi connectivity index (χ1n) is 10.1. The van der Waals surface area contributed by atoms with Crippen LogP contribution in [0.2, 0.25) is 5.02 Å². The van der Waals surface area contributed by atoms with Crippen LogP contribution in [-0.2, 0) is 19.6 Å². The molecule has 3 rings (SSSR count). The number of nitrogens with zero attached hydrogens (tertiary/aromatic N) is 1. The molecular formula is C24H23ClN2O5S. The predicted molar refractivity (Wildman–Crippen MR) is 128 cm³/mol. The standard InChI is InChI=1S/C24H23ClN2O5S/c1-3-32-24(29)21-15-18(11-14-22(21)25)26-23(28)16-27(19-7-5-4-6-8-19)33(30,31)20-12-9-17(2)10-13-20/h4-15H,3,16H2,1-2H3,(H,26,28). The number of carbonyl (C=O) groups is 2. The van der Waals surface area contributed by atoms with Gasteiger partial charge in [-0.2, -0.15) is 0 Å². The maximum absolute atomic E-state index is 13.4. The maximum atomic E-state index is 13.4. The molecule has 0 bridgehead atoms. The average Bonchev–Trinajstić information content (AvgIpc) is 2.79. The van der Waals surface area contributed by atoms with E-state index in [0.717, 1.165) is 9.87 Å². The number of benzene rings is 3. The van der Waals surface area contributed by atoms with Gasteiger partial charge >= 0.3 is 5.97 Å². The molecule has 0 saturated heterocycles. The summed E-state index contributed by atoms with van der Waals surface area (Å²) in [6.07, 6.45) is 0. The van der Waals surface area contributed by atoms with Crippen molar-refractivity contribution in [3.63, 3.8) is 0 Å². The molecular weight excluding hydrogens is 464 g/mol. The van der Waals surface area contributed by atoms with Crippen molar-refractivity contribution in [2.24, 2.45) is 0 Å². The van der Waals surface area contributed by atoms with E-state index in [1.54, 1.807) is 49.4 Å². The van der Waals surface area contributed by atoms with Gasteiger partial charge in [0.25, 0.3) is 10.0 Å². The van der Waals surface area contributed by atoms with E-state index in [-0.39, 0.29) is 27.8 Å². The van der Waals surface area contributed by atoms with Gasteiger partial charge in [-0.25, -0.2) is 13.2 Å². The molecule has 1 amide bonds. The van der Waals surface area contributed by atoms with E-state index in [4.69, 9.17) is 16.3 Å². The van der Waals surface area contributed by atoms with Crippen LogP contribution in [0.4, 0.5) is 11.4 Å². The zero-order valence-corrected chi connectivity index (χ0v) is 19.7. The molecule has 0 unspecified atom stereocenters. The Morgan fingerprint density at radius 1 is 1.00 bits per heavy atom. The number of aryl methyl sites for hydroxylation is 1. The summed E-state index contributed by atoms with van der Waals surface area (Å²) in [4.78, 5) is 25.0. The van der Waals surface area contributed by atoms with E-state index >= 15 is 0 Å². The Bertz CT molecular complexity index is 1250. The predicted octanol–water partition coefficient (Wildman–Crippen LogP) is 4.66. The van der Waals surface area contributed by atoms with E-state index in [1.165, 1.54) is 30.3 Å². The van der Waals surface area contributed by atoms with Crippen molar-refractivity contribution in [2.45, 2.75) is 18.7 Å². The molecule has 9 heteroatoms. The number of anilines is 2. The molecule has 0 aliphatic carbocycles. The zero-order chi connectivity index (χ0) is 24.0. The first-order chi connectivity index (χ1) is 15.7. The summed E-state index contributed by atoms with van der Waals surface area (Å²) in [6, 6.07) is 19.1. The summed E-state index contributed by atoms with van der Waals surface area (Å²) < 4.78 is 32.7. The molecule has 0 aliphatic heterocycles. The number of para-hydroxylation sites is 1. The monoisotopic (exact) mass is 486 g/mol.